The lowest BCUT2D eigenvalue weighted by Gasteiger charge is -2.36. The summed E-state index contributed by atoms with van der Waals surface area (Å²) in [5.41, 5.74) is 3.06. The number of piperazine rings is 1. The van der Waals surface area contributed by atoms with Gasteiger partial charge in [0.05, 0.1) is 0 Å². The van der Waals surface area contributed by atoms with Gasteiger partial charge in [-0.2, -0.15) is 0 Å². The molecule has 0 atom stereocenters. The predicted octanol–water partition coefficient (Wildman–Crippen LogP) is 5.32. The maximum Gasteiger partial charge on any atom is 0.255 e. The molecular formula is C24H21BrClN3O2. The van der Waals surface area contributed by atoms with Gasteiger partial charge in [0, 0.05) is 58.2 Å². The zero-order valence-electron chi connectivity index (χ0n) is 16.7. The highest BCUT2D eigenvalue weighted by atomic mass is 79.9. The minimum Gasteiger partial charge on any atom is -0.368 e. The van der Waals surface area contributed by atoms with E-state index in [2.05, 4.69) is 26.1 Å². The largest absolute Gasteiger partial charge is 0.368 e. The highest BCUT2D eigenvalue weighted by Crippen LogP contribution is 2.21. The molecule has 2 amide bonds. The Labute approximate surface area is 194 Å². The first-order chi connectivity index (χ1) is 15.0. The number of rotatable bonds is 4. The van der Waals surface area contributed by atoms with Gasteiger partial charge in [-0.25, -0.2) is 0 Å². The van der Waals surface area contributed by atoms with Gasteiger partial charge < -0.3 is 15.1 Å². The van der Waals surface area contributed by atoms with Gasteiger partial charge in [-0.3, -0.25) is 9.59 Å². The van der Waals surface area contributed by atoms with Crippen molar-refractivity contribution in [3.63, 3.8) is 0 Å². The number of anilines is 2. The Morgan fingerprint density at radius 1 is 0.839 bits per heavy atom. The van der Waals surface area contributed by atoms with E-state index in [1.807, 2.05) is 41.3 Å². The highest BCUT2D eigenvalue weighted by Gasteiger charge is 2.22. The Kier molecular flexibility index (Phi) is 6.59. The summed E-state index contributed by atoms with van der Waals surface area (Å²) in [6.07, 6.45) is 0. The molecule has 31 heavy (non-hydrogen) atoms. The minimum absolute atomic E-state index is 0.0296. The average Bonchev–Trinajstić information content (AvgIpc) is 2.80. The van der Waals surface area contributed by atoms with Crippen LogP contribution in [-0.4, -0.2) is 42.9 Å². The fraction of sp³-hybridized carbons (Fsp3) is 0.167. The first-order valence-electron chi connectivity index (χ1n) is 9.96. The lowest BCUT2D eigenvalue weighted by molar-refractivity contribution is 0.0746. The molecule has 158 valence electrons. The van der Waals surface area contributed by atoms with Gasteiger partial charge in [0.1, 0.15) is 0 Å². The number of benzene rings is 3. The lowest BCUT2D eigenvalue weighted by atomic mass is 10.1. The summed E-state index contributed by atoms with van der Waals surface area (Å²) >= 11 is 9.29. The molecule has 0 saturated carbocycles. The smallest absolute Gasteiger partial charge is 0.255 e. The fourth-order valence-electron chi connectivity index (χ4n) is 3.53. The van der Waals surface area contributed by atoms with E-state index in [1.165, 1.54) is 0 Å². The second-order valence-corrected chi connectivity index (χ2v) is 8.65. The van der Waals surface area contributed by atoms with Crippen LogP contribution in [0.15, 0.2) is 77.3 Å². The van der Waals surface area contributed by atoms with Gasteiger partial charge in [-0.1, -0.05) is 33.6 Å². The van der Waals surface area contributed by atoms with Crippen molar-refractivity contribution in [2.45, 2.75) is 0 Å². The Balaban J connectivity index is 1.33. The summed E-state index contributed by atoms with van der Waals surface area (Å²) < 4.78 is 0.865. The number of hydrogen-bond acceptors (Lipinski definition) is 3. The van der Waals surface area contributed by atoms with E-state index in [0.717, 1.165) is 28.9 Å². The van der Waals surface area contributed by atoms with Crippen LogP contribution in [0, 0.1) is 0 Å². The van der Waals surface area contributed by atoms with Crippen LogP contribution >= 0.6 is 27.5 Å². The standard InChI is InChI=1S/C24H21BrClN3O2/c25-19-3-1-2-18(16-19)23(30)27-21-8-10-22(11-9-21)28-12-14-29(15-13-28)24(31)17-4-6-20(26)7-5-17/h1-11,16H,12-15H2,(H,27,30). The SMILES string of the molecule is O=C(Nc1ccc(N2CCN(C(=O)c3ccc(Cl)cc3)CC2)cc1)c1cccc(Br)c1. The lowest BCUT2D eigenvalue weighted by Crippen LogP contribution is -2.48. The number of halogens is 2. The number of carbonyl (C=O) groups excluding carboxylic acids is 2. The average molecular weight is 499 g/mol. The number of nitrogens with zero attached hydrogens (tertiary/aromatic N) is 2. The molecule has 1 saturated heterocycles. The van der Waals surface area contributed by atoms with E-state index in [0.29, 0.717) is 29.2 Å². The Morgan fingerprint density at radius 2 is 1.52 bits per heavy atom. The van der Waals surface area contributed by atoms with E-state index in [4.69, 9.17) is 11.6 Å². The van der Waals surface area contributed by atoms with Crippen molar-refractivity contribution < 1.29 is 9.59 Å². The maximum atomic E-state index is 12.7. The molecule has 5 nitrogen and oxygen atoms in total. The van der Waals surface area contributed by atoms with Gasteiger partial charge in [0.25, 0.3) is 11.8 Å². The van der Waals surface area contributed by atoms with Crippen LogP contribution in [0.3, 0.4) is 0 Å². The third-order valence-electron chi connectivity index (χ3n) is 5.24. The molecule has 0 spiro atoms. The molecule has 3 aromatic rings. The van der Waals surface area contributed by atoms with Gasteiger partial charge in [-0.15, -0.1) is 0 Å². The van der Waals surface area contributed by atoms with Gasteiger partial charge in [-0.05, 0) is 66.7 Å². The van der Waals surface area contributed by atoms with Crippen LogP contribution in [0.4, 0.5) is 11.4 Å². The topological polar surface area (TPSA) is 52.7 Å². The molecule has 0 radical (unpaired) electrons. The molecule has 4 rings (SSSR count). The molecular weight excluding hydrogens is 478 g/mol. The molecule has 3 aromatic carbocycles. The third kappa shape index (κ3) is 5.27. The molecule has 0 unspecified atom stereocenters. The number of amides is 2. The Hall–Kier alpha value is -2.83. The summed E-state index contributed by atoms with van der Waals surface area (Å²) in [6, 6.07) is 22.1. The van der Waals surface area contributed by atoms with Crippen molar-refractivity contribution in [1.82, 2.24) is 4.90 Å². The molecule has 7 heteroatoms. The molecule has 1 fully saturated rings. The minimum atomic E-state index is -0.150. The summed E-state index contributed by atoms with van der Waals surface area (Å²) in [5.74, 6) is -0.120. The summed E-state index contributed by atoms with van der Waals surface area (Å²) in [7, 11) is 0. The monoisotopic (exact) mass is 497 g/mol. The first kappa shape index (κ1) is 21.4. The number of carbonyl (C=O) groups is 2. The Morgan fingerprint density at radius 3 is 2.16 bits per heavy atom. The highest BCUT2D eigenvalue weighted by molar-refractivity contribution is 9.10. The van der Waals surface area contributed by atoms with Crippen LogP contribution in [0.25, 0.3) is 0 Å². The summed E-state index contributed by atoms with van der Waals surface area (Å²) in [5, 5.41) is 3.54. The normalized spacial score (nSPS) is 13.7. The van der Waals surface area contributed by atoms with Crippen molar-refractivity contribution >= 4 is 50.7 Å². The third-order valence-corrected chi connectivity index (χ3v) is 5.98. The van der Waals surface area contributed by atoms with Gasteiger partial charge in [0.15, 0.2) is 0 Å². The van der Waals surface area contributed by atoms with Crippen LogP contribution in [0.1, 0.15) is 20.7 Å². The molecule has 1 aliphatic heterocycles. The first-order valence-corrected chi connectivity index (χ1v) is 11.1. The van der Waals surface area contributed by atoms with Gasteiger partial charge >= 0.3 is 0 Å². The zero-order chi connectivity index (χ0) is 21.8. The van der Waals surface area contributed by atoms with Crippen LogP contribution in [0.2, 0.25) is 5.02 Å². The van der Waals surface area contributed by atoms with E-state index in [-0.39, 0.29) is 11.8 Å². The van der Waals surface area contributed by atoms with Crippen molar-refractivity contribution in [3.05, 3.63) is 93.4 Å². The molecule has 0 aliphatic carbocycles. The zero-order valence-corrected chi connectivity index (χ0v) is 19.1. The predicted molar refractivity (Wildman–Crippen MR) is 128 cm³/mol. The van der Waals surface area contributed by atoms with Crippen LogP contribution < -0.4 is 10.2 Å². The van der Waals surface area contributed by atoms with E-state index < -0.39 is 0 Å². The number of nitrogens with one attached hydrogen (secondary N) is 1. The number of hydrogen-bond donors (Lipinski definition) is 1. The quantitative estimate of drug-likeness (QED) is 0.530. The molecule has 0 bridgehead atoms. The van der Waals surface area contributed by atoms with Crippen LogP contribution in [-0.2, 0) is 0 Å². The maximum absolute atomic E-state index is 12.7. The molecule has 0 aromatic heterocycles. The Bertz CT molecular complexity index is 1080. The van der Waals surface area contributed by atoms with Gasteiger partial charge in [0.2, 0.25) is 0 Å². The van der Waals surface area contributed by atoms with E-state index >= 15 is 0 Å². The molecule has 1 N–H and O–H groups in total. The summed E-state index contributed by atoms with van der Waals surface area (Å²) in [6.45, 7) is 2.82. The van der Waals surface area contributed by atoms with E-state index in [1.54, 1.807) is 36.4 Å². The van der Waals surface area contributed by atoms with Crippen molar-refractivity contribution in [1.29, 1.82) is 0 Å². The second-order valence-electron chi connectivity index (χ2n) is 7.30. The van der Waals surface area contributed by atoms with E-state index in [9.17, 15) is 9.59 Å². The van der Waals surface area contributed by atoms with Crippen LogP contribution in [0.5, 0.6) is 0 Å². The summed E-state index contributed by atoms with van der Waals surface area (Å²) in [4.78, 5) is 29.2. The van der Waals surface area contributed by atoms with Crippen molar-refractivity contribution in [3.8, 4) is 0 Å². The van der Waals surface area contributed by atoms with Crippen molar-refractivity contribution in [2.24, 2.45) is 0 Å². The molecule has 1 heterocycles. The van der Waals surface area contributed by atoms with Crippen molar-refractivity contribution in [2.75, 3.05) is 36.4 Å². The molecule has 1 aliphatic rings. The fourth-order valence-corrected chi connectivity index (χ4v) is 4.06. The second kappa shape index (κ2) is 9.54.